The van der Waals surface area contributed by atoms with E-state index in [1.165, 1.54) is 17.0 Å². The van der Waals surface area contributed by atoms with Crippen molar-refractivity contribution in [2.45, 2.75) is 30.7 Å². The van der Waals surface area contributed by atoms with Crippen LogP contribution in [0.25, 0.3) is 0 Å². The minimum Gasteiger partial charge on any atom is -0.480 e. The van der Waals surface area contributed by atoms with Gasteiger partial charge in [-0.1, -0.05) is 17.7 Å². The van der Waals surface area contributed by atoms with Gasteiger partial charge in [0.05, 0.1) is 20.7 Å². The van der Waals surface area contributed by atoms with Crippen LogP contribution in [-0.4, -0.2) is 98.9 Å². The summed E-state index contributed by atoms with van der Waals surface area (Å²) in [6.07, 6.45) is 1.07. The maximum Gasteiger partial charge on any atom is 0.317 e. The normalized spacial score (nSPS) is 17.2. The Hall–Kier alpha value is -3.04. The summed E-state index contributed by atoms with van der Waals surface area (Å²) in [6, 6.07) is 6.38. The number of amides is 3. The van der Waals surface area contributed by atoms with Crippen molar-refractivity contribution >= 4 is 62.3 Å². The van der Waals surface area contributed by atoms with E-state index in [1.54, 1.807) is 34.9 Å². The zero-order chi connectivity index (χ0) is 29.0. The number of aliphatic carboxylic acids is 1. The Morgan fingerprint density at radius 3 is 2.42 bits per heavy atom. The fourth-order valence-corrected chi connectivity index (χ4v) is 7.19. The van der Waals surface area contributed by atoms with E-state index in [1.807, 2.05) is 0 Å². The first-order valence-electron chi connectivity index (χ1n) is 12.6. The van der Waals surface area contributed by atoms with Gasteiger partial charge >= 0.3 is 5.97 Å². The largest absolute Gasteiger partial charge is 0.480 e. The number of hydrogen-bond donors (Lipinski definition) is 3. The summed E-state index contributed by atoms with van der Waals surface area (Å²) in [4.78, 5) is 54.5. The first kappa shape index (κ1) is 29.9. The number of carbonyl (C=O) groups excluding carboxylic acids is 3. The van der Waals surface area contributed by atoms with Gasteiger partial charge in [-0.3, -0.25) is 24.1 Å². The summed E-state index contributed by atoms with van der Waals surface area (Å²) in [7, 11) is -4.27. The number of hydrogen-bond acceptors (Lipinski definition) is 8. The highest BCUT2D eigenvalue weighted by molar-refractivity contribution is 7.89. The van der Waals surface area contributed by atoms with Crippen LogP contribution in [0.5, 0.6) is 0 Å². The third-order valence-corrected chi connectivity index (χ3v) is 9.66. The quantitative estimate of drug-likeness (QED) is 0.361. The second-order valence-corrected chi connectivity index (χ2v) is 12.9. The number of piperazine rings is 1. The molecule has 40 heavy (non-hydrogen) atoms. The van der Waals surface area contributed by atoms with Crippen molar-refractivity contribution in [2.75, 3.05) is 50.7 Å². The molecule has 4 rings (SSSR count). The average Bonchev–Trinajstić information content (AvgIpc) is 3.54. The van der Waals surface area contributed by atoms with Gasteiger partial charge < -0.3 is 20.2 Å². The summed E-state index contributed by atoms with van der Waals surface area (Å²) >= 11 is 6.97. The van der Waals surface area contributed by atoms with Gasteiger partial charge in [-0.25, -0.2) is 8.42 Å². The zero-order valence-corrected chi connectivity index (χ0v) is 24.1. The van der Waals surface area contributed by atoms with Gasteiger partial charge in [0.2, 0.25) is 21.8 Å². The molecular formula is C25H30ClN5O7S2. The molecule has 2 aromatic rings. The number of rotatable bonds is 10. The number of thiophene rings is 1. The van der Waals surface area contributed by atoms with Gasteiger partial charge in [0.25, 0.3) is 5.91 Å². The van der Waals surface area contributed by atoms with Crippen LogP contribution in [0.4, 0.5) is 5.69 Å². The highest BCUT2D eigenvalue weighted by Crippen LogP contribution is 2.29. The number of carboxylic acids is 1. The van der Waals surface area contributed by atoms with Crippen molar-refractivity contribution in [3.63, 3.8) is 0 Å². The van der Waals surface area contributed by atoms with E-state index < -0.39 is 33.8 Å². The van der Waals surface area contributed by atoms with E-state index in [4.69, 9.17) is 16.7 Å². The number of carbonyl (C=O) groups is 4. The molecule has 216 valence electrons. The second kappa shape index (κ2) is 12.6. The molecule has 2 saturated heterocycles. The van der Waals surface area contributed by atoms with Crippen LogP contribution in [0.15, 0.2) is 35.2 Å². The molecule has 0 aliphatic carbocycles. The predicted octanol–water partition coefficient (Wildman–Crippen LogP) is 1.14. The standard InChI is InChI=1S/C25H30ClN5O7S2/c1-16-18(31-9-3-6-22(31)32)4-2-5-20(16)40(37,38)28-17(14-27-24(35)19-7-8-21(26)39-19)25(36)30-12-10-29(11-13-30)15-23(33)34/h2,4-5,7-8,17,28H,3,6,9-15H2,1H3,(H,27,35)(H,33,34)/t17-/m0/s1. The first-order chi connectivity index (χ1) is 19.0. The zero-order valence-electron chi connectivity index (χ0n) is 21.8. The molecule has 0 spiro atoms. The van der Waals surface area contributed by atoms with Gasteiger partial charge in [-0.15, -0.1) is 11.3 Å². The van der Waals surface area contributed by atoms with Crippen molar-refractivity contribution in [1.29, 1.82) is 0 Å². The molecule has 0 unspecified atom stereocenters. The van der Waals surface area contributed by atoms with Crippen LogP contribution in [0, 0.1) is 6.92 Å². The van der Waals surface area contributed by atoms with E-state index in [2.05, 4.69) is 10.0 Å². The molecule has 3 heterocycles. The fraction of sp³-hybridized carbons (Fsp3) is 0.440. The molecule has 3 amide bonds. The van der Waals surface area contributed by atoms with Crippen LogP contribution < -0.4 is 14.9 Å². The molecule has 1 atom stereocenters. The number of anilines is 1. The van der Waals surface area contributed by atoms with E-state index in [0.717, 1.165) is 11.3 Å². The van der Waals surface area contributed by atoms with Gasteiger partial charge in [0.1, 0.15) is 6.04 Å². The maximum absolute atomic E-state index is 13.6. The molecule has 1 aromatic heterocycles. The first-order valence-corrected chi connectivity index (χ1v) is 15.3. The Bertz CT molecular complexity index is 1410. The van der Waals surface area contributed by atoms with Crippen molar-refractivity contribution in [2.24, 2.45) is 0 Å². The van der Waals surface area contributed by atoms with Crippen molar-refractivity contribution < 1.29 is 32.7 Å². The summed E-state index contributed by atoms with van der Waals surface area (Å²) in [5, 5.41) is 11.7. The summed E-state index contributed by atoms with van der Waals surface area (Å²) in [5.74, 6) is -2.12. The predicted molar refractivity (Wildman–Crippen MR) is 149 cm³/mol. The second-order valence-electron chi connectivity index (χ2n) is 9.53. The van der Waals surface area contributed by atoms with Gasteiger partial charge in [0, 0.05) is 51.4 Å². The van der Waals surface area contributed by atoms with Crippen molar-refractivity contribution in [1.82, 2.24) is 19.8 Å². The van der Waals surface area contributed by atoms with Gasteiger partial charge in [0.15, 0.2) is 0 Å². The Balaban J connectivity index is 1.55. The molecule has 2 aliphatic heterocycles. The number of halogens is 1. The minimum absolute atomic E-state index is 0.0786. The summed E-state index contributed by atoms with van der Waals surface area (Å²) in [6.45, 7) is 2.62. The lowest BCUT2D eigenvalue weighted by Gasteiger charge is -2.35. The summed E-state index contributed by atoms with van der Waals surface area (Å²) < 4.78 is 30.1. The van der Waals surface area contributed by atoms with Gasteiger partial charge in [-0.05, 0) is 43.2 Å². The SMILES string of the molecule is Cc1c(N2CCCC2=O)cccc1S(=O)(=O)N[C@@H](CNC(=O)c1ccc(Cl)s1)C(=O)N1CCN(CC(=O)O)CC1. The van der Waals surface area contributed by atoms with Crippen LogP contribution in [0.2, 0.25) is 4.34 Å². The molecule has 2 aliphatic rings. The van der Waals surface area contributed by atoms with Crippen molar-refractivity contribution in [3.8, 4) is 0 Å². The molecule has 15 heteroatoms. The molecule has 0 bridgehead atoms. The topological polar surface area (TPSA) is 156 Å². The number of benzene rings is 1. The minimum atomic E-state index is -4.27. The Labute approximate surface area is 240 Å². The lowest BCUT2D eigenvalue weighted by molar-refractivity contribution is -0.139. The molecule has 3 N–H and O–H groups in total. The lowest BCUT2D eigenvalue weighted by atomic mass is 10.2. The smallest absolute Gasteiger partial charge is 0.317 e. The number of carboxylic acid groups (broad SMARTS) is 1. The fourth-order valence-electron chi connectivity index (χ4n) is 4.78. The molecule has 12 nitrogen and oxygen atoms in total. The van der Waals surface area contributed by atoms with Crippen LogP contribution >= 0.6 is 22.9 Å². The monoisotopic (exact) mass is 611 g/mol. The van der Waals surface area contributed by atoms with Crippen LogP contribution in [0.1, 0.15) is 28.1 Å². The number of sulfonamides is 1. The summed E-state index contributed by atoms with van der Waals surface area (Å²) in [5.41, 5.74) is 0.863. The Morgan fingerprint density at radius 2 is 1.82 bits per heavy atom. The van der Waals surface area contributed by atoms with Crippen LogP contribution in [0.3, 0.4) is 0 Å². The lowest BCUT2D eigenvalue weighted by Crippen LogP contribution is -2.58. The highest BCUT2D eigenvalue weighted by atomic mass is 35.5. The number of nitrogens with one attached hydrogen (secondary N) is 2. The van der Waals surface area contributed by atoms with E-state index in [9.17, 15) is 27.6 Å². The third-order valence-electron chi connectivity index (χ3n) is 6.81. The highest BCUT2D eigenvalue weighted by Gasteiger charge is 2.33. The van der Waals surface area contributed by atoms with Crippen LogP contribution in [-0.2, 0) is 24.4 Å². The third kappa shape index (κ3) is 6.99. The Kier molecular flexibility index (Phi) is 9.46. The van der Waals surface area contributed by atoms with E-state index >= 15 is 0 Å². The molecule has 0 saturated carbocycles. The van der Waals surface area contributed by atoms with Crippen molar-refractivity contribution in [3.05, 3.63) is 45.1 Å². The molecule has 0 radical (unpaired) electrons. The molecule has 2 fully saturated rings. The average molecular weight is 612 g/mol. The van der Waals surface area contributed by atoms with Gasteiger partial charge in [-0.2, -0.15) is 4.72 Å². The molecule has 1 aromatic carbocycles. The van der Waals surface area contributed by atoms with E-state index in [-0.39, 0.29) is 37.0 Å². The van der Waals surface area contributed by atoms with E-state index in [0.29, 0.717) is 52.9 Å². The maximum atomic E-state index is 13.6. The Morgan fingerprint density at radius 1 is 1.10 bits per heavy atom. The number of nitrogens with zero attached hydrogens (tertiary/aromatic N) is 3. The molecular weight excluding hydrogens is 582 g/mol.